The summed E-state index contributed by atoms with van der Waals surface area (Å²) in [6.45, 7) is 1.67. The van der Waals surface area contributed by atoms with Gasteiger partial charge in [0.15, 0.2) is 0 Å². The SMILES string of the molecule is COc1ccc(CC(NC(=O)[C@@H](C)N)c2ccc(OC)cc2)cc1. The number of hydrogen-bond donors (Lipinski definition) is 2. The highest BCUT2D eigenvalue weighted by Crippen LogP contribution is 2.22. The van der Waals surface area contributed by atoms with Crippen LogP contribution in [0.5, 0.6) is 11.5 Å². The molecule has 0 fully saturated rings. The molecule has 2 aromatic carbocycles. The molecule has 0 aromatic heterocycles. The van der Waals surface area contributed by atoms with Crippen LogP contribution >= 0.6 is 0 Å². The van der Waals surface area contributed by atoms with Gasteiger partial charge < -0.3 is 20.5 Å². The fourth-order valence-corrected chi connectivity index (χ4v) is 2.39. The summed E-state index contributed by atoms with van der Waals surface area (Å²) in [5, 5.41) is 3.01. The van der Waals surface area contributed by atoms with Crippen molar-refractivity contribution in [2.45, 2.75) is 25.4 Å². The number of nitrogens with two attached hydrogens (primary N) is 1. The van der Waals surface area contributed by atoms with E-state index in [1.807, 2.05) is 48.5 Å². The zero-order valence-corrected chi connectivity index (χ0v) is 14.3. The van der Waals surface area contributed by atoms with Crippen molar-refractivity contribution in [2.24, 2.45) is 5.73 Å². The second-order valence-corrected chi connectivity index (χ2v) is 5.68. The number of amides is 1. The number of ether oxygens (including phenoxy) is 2. The number of methoxy groups -OCH3 is 2. The number of nitrogens with one attached hydrogen (secondary N) is 1. The van der Waals surface area contributed by atoms with E-state index in [0.29, 0.717) is 6.42 Å². The number of carbonyl (C=O) groups is 1. The standard InChI is InChI=1S/C19H24N2O3/c1-13(20)19(22)21-18(15-6-10-17(24-3)11-7-15)12-14-4-8-16(23-2)9-5-14/h4-11,13,18H,12,20H2,1-3H3,(H,21,22)/t13-,18?/m1/s1. The molecule has 0 spiro atoms. The summed E-state index contributed by atoms with van der Waals surface area (Å²) in [6.07, 6.45) is 0.661. The Morgan fingerprint density at radius 1 is 1.00 bits per heavy atom. The van der Waals surface area contributed by atoms with Crippen molar-refractivity contribution >= 4 is 5.91 Å². The van der Waals surface area contributed by atoms with Crippen LogP contribution in [0.25, 0.3) is 0 Å². The average Bonchev–Trinajstić information content (AvgIpc) is 2.61. The summed E-state index contributed by atoms with van der Waals surface area (Å²) in [5.74, 6) is 1.41. The van der Waals surface area contributed by atoms with Crippen LogP contribution < -0.4 is 20.5 Å². The van der Waals surface area contributed by atoms with Gasteiger partial charge in [0.05, 0.1) is 26.3 Å². The second kappa shape index (κ2) is 8.36. The van der Waals surface area contributed by atoms with Crippen LogP contribution in [0, 0.1) is 0 Å². The first-order valence-corrected chi connectivity index (χ1v) is 7.86. The first-order chi connectivity index (χ1) is 11.5. The Bertz CT molecular complexity index is 651. The van der Waals surface area contributed by atoms with Crippen molar-refractivity contribution in [1.29, 1.82) is 0 Å². The van der Waals surface area contributed by atoms with Gasteiger partial charge in [0, 0.05) is 0 Å². The Kier molecular flexibility index (Phi) is 6.21. The van der Waals surface area contributed by atoms with Gasteiger partial charge in [-0.05, 0) is 48.7 Å². The molecule has 2 rings (SSSR count). The molecule has 24 heavy (non-hydrogen) atoms. The van der Waals surface area contributed by atoms with Gasteiger partial charge in [0.25, 0.3) is 0 Å². The minimum atomic E-state index is -0.554. The van der Waals surface area contributed by atoms with Crippen LogP contribution in [-0.2, 0) is 11.2 Å². The van der Waals surface area contributed by atoms with Crippen LogP contribution in [0.15, 0.2) is 48.5 Å². The Labute approximate surface area is 142 Å². The maximum Gasteiger partial charge on any atom is 0.237 e. The third kappa shape index (κ3) is 4.73. The molecule has 0 bridgehead atoms. The van der Waals surface area contributed by atoms with E-state index in [9.17, 15) is 4.79 Å². The van der Waals surface area contributed by atoms with E-state index in [-0.39, 0.29) is 11.9 Å². The number of hydrogen-bond acceptors (Lipinski definition) is 4. The first-order valence-electron chi connectivity index (χ1n) is 7.86. The van der Waals surface area contributed by atoms with Gasteiger partial charge in [0.2, 0.25) is 5.91 Å². The third-order valence-electron chi connectivity index (χ3n) is 3.85. The zero-order chi connectivity index (χ0) is 17.5. The zero-order valence-electron chi connectivity index (χ0n) is 14.3. The molecule has 0 aliphatic heterocycles. The lowest BCUT2D eigenvalue weighted by Crippen LogP contribution is -2.40. The molecule has 0 saturated heterocycles. The molecular weight excluding hydrogens is 304 g/mol. The van der Waals surface area contributed by atoms with Gasteiger partial charge >= 0.3 is 0 Å². The average molecular weight is 328 g/mol. The number of benzene rings is 2. The van der Waals surface area contributed by atoms with Crippen LogP contribution in [0.3, 0.4) is 0 Å². The van der Waals surface area contributed by atoms with E-state index in [4.69, 9.17) is 15.2 Å². The molecule has 128 valence electrons. The Balaban J connectivity index is 2.21. The molecule has 1 amide bonds. The Morgan fingerprint density at radius 2 is 1.50 bits per heavy atom. The van der Waals surface area contributed by atoms with Gasteiger partial charge in [-0.2, -0.15) is 0 Å². The first kappa shape index (κ1) is 17.8. The normalized spacial score (nSPS) is 13.0. The van der Waals surface area contributed by atoms with E-state index < -0.39 is 6.04 Å². The maximum atomic E-state index is 12.1. The molecule has 2 atom stereocenters. The van der Waals surface area contributed by atoms with E-state index >= 15 is 0 Å². The topological polar surface area (TPSA) is 73.6 Å². The summed E-state index contributed by atoms with van der Waals surface area (Å²) in [5.41, 5.74) is 7.79. The summed E-state index contributed by atoms with van der Waals surface area (Å²) < 4.78 is 10.4. The lowest BCUT2D eigenvalue weighted by atomic mass is 9.98. The van der Waals surface area contributed by atoms with E-state index in [1.165, 1.54) is 0 Å². The van der Waals surface area contributed by atoms with Gasteiger partial charge in [-0.25, -0.2) is 0 Å². The molecule has 2 aromatic rings. The minimum Gasteiger partial charge on any atom is -0.497 e. The minimum absolute atomic E-state index is 0.164. The van der Waals surface area contributed by atoms with Gasteiger partial charge in [0.1, 0.15) is 11.5 Å². The molecule has 5 heteroatoms. The van der Waals surface area contributed by atoms with Crippen LogP contribution in [-0.4, -0.2) is 26.2 Å². The van der Waals surface area contributed by atoms with Crippen molar-refractivity contribution < 1.29 is 14.3 Å². The molecular formula is C19H24N2O3. The van der Waals surface area contributed by atoms with Crippen molar-refractivity contribution in [1.82, 2.24) is 5.32 Å². The molecule has 0 aliphatic carbocycles. The predicted molar refractivity (Wildman–Crippen MR) is 94.2 cm³/mol. The second-order valence-electron chi connectivity index (χ2n) is 5.68. The van der Waals surface area contributed by atoms with Crippen molar-refractivity contribution in [3.63, 3.8) is 0 Å². The van der Waals surface area contributed by atoms with Gasteiger partial charge in [-0.15, -0.1) is 0 Å². The fraction of sp³-hybridized carbons (Fsp3) is 0.316. The maximum absolute atomic E-state index is 12.1. The highest BCUT2D eigenvalue weighted by Gasteiger charge is 2.17. The van der Waals surface area contributed by atoms with E-state index in [2.05, 4.69) is 5.32 Å². The van der Waals surface area contributed by atoms with Crippen LogP contribution in [0.2, 0.25) is 0 Å². The summed E-state index contributed by atoms with van der Waals surface area (Å²) in [4.78, 5) is 12.1. The summed E-state index contributed by atoms with van der Waals surface area (Å²) in [7, 11) is 3.26. The molecule has 0 heterocycles. The lowest BCUT2D eigenvalue weighted by molar-refractivity contribution is -0.122. The molecule has 5 nitrogen and oxygen atoms in total. The predicted octanol–water partition coefficient (Wildman–Crippen LogP) is 2.45. The quantitative estimate of drug-likeness (QED) is 0.819. The molecule has 0 radical (unpaired) electrons. The largest absolute Gasteiger partial charge is 0.497 e. The highest BCUT2D eigenvalue weighted by molar-refractivity contribution is 5.81. The van der Waals surface area contributed by atoms with Crippen LogP contribution in [0.1, 0.15) is 24.1 Å². The van der Waals surface area contributed by atoms with Crippen molar-refractivity contribution in [3.8, 4) is 11.5 Å². The molecule has 0 aliphatic rings. The number of rotatable bonds is 7. The molecule has 3 N–H and O–H groups in total. The fourth-order valence-electron chi connectivity index (χ4n) is 2.39. The summed E-state index contributed by atoms with van der Waals surface area (Å²) in [6, 6.07) is 14.8. The van der Waals surface area contributed by atoms with Crippen molar-refractivity contribution in [2.75, 3.05) is 14.2 Å². The molecule has 1 unspecified atom stereocenters. The van der Waals surface area contributed by atoms with E-state index in [1.54, 1.807) is 21.1 Å². The third-order valence-corrected chi connectivity index (χ3v) is 3.85. The lowest BCUT2D eigenvalue weighted by Gasteiger charge is -2.21. The van der Waals surface area contributed by atoms with Crippen molar-refractivity contribution in [3.05, 3.63) is 59.7 Å². The monoisotopic (exact) mass is 328 g/mol. The van der Waals surface area contributed by atoms with Crippen LogP contribution in [0.4, 0.5) is 0 Å². The van der Waals surface area contributed by atoms with Gasteiger partial charge in [-0.3, -0.25) is 4.79 Å². The Morgan fingerprint density at radius 3 is 1.96 bits per heavy atom. The number of carbonyl (C=O) groups excluding carboxylic acids is 1. The molecule has 0 saturated carbocycles. The van der Waals surface area contributed by atoms with Gasteiger partial charge in [-0.1, -0.05) is 24.3 Å². The highest BCUT2D eigenvalue weighted by atomic mass is 16.5. The summed E-state index contributed by atoms with van der Waals surface area (Å²) >= 11 is 0. The Hall–Kier alpha value is -2.53. The smallest absolute Gasteiger partial charge is 0.237 e. The van der Waals surface area contributed by atoms with E-state index in [0.717, 1.165) is 22.6 Å².